The zero-order valence-electron chi connectivity index (χ0n) is 13.3. The summed E-state index contributed by atoms with van der Waals surface area (Å²) in [7, 11) is 0. The molecule has 1 saturated heterocycles. The van der Waals surface area contributed by atoms with E-state index in [4.69, 9.17) is 0 Å². The van der Waals surface area contributed by atoms with Crippen LogP contribution in [0.2, 0.25) is 0 Å². The van der Waals surface area contributed by atoms with E-state index in [9.17, 15) is 4.79 Å². The van der Waals surface area contributed by atoms with Gasteiger partial charge in [0.25, 0.3) is 5.91 Å². The van der Waals surface area contributed by atoms with Crippen molar-refractivity contribution >= 4 is 5.91 Å². The molecule has 0 aliphatic carbocycles. The van der Waals surface area contributed by atoms with Crippen LogP contribution >= 0.6 is 0 Å². The Morgan fingerprint density at radius 2 is 1.92 bits per heavy atom. The van der Waals surface area contributed by atoms with E-state index in [0.29, 0.717) is 6.54 Å². The van der Waals surface area contributed by atoms with Crippen LogP contribution in [0.25, 0.3) is 5.69 Å². The van der Waals surface area contributed by atoms with Crippen molar-refractivity contribution in [2.24, 2.45) is 0 Å². The van der Waals surface area contributed by atoms with Crippen LogP contribution in [-0.2, 0) is 6.54 Å². The lowest BCUT2D eigenvalue weighted by molar-refractivity contribution is 0.0721. The van der Waals surface area contributed by atoms with Gasteiger partial charge in [-0.05, 0) is 49.2 Å². The molecule has 0 radical (unpaired) electrons. The lowest BCUT2D eigenvalue weighted by atomic mass is 10.1. The molecule has 122 valence electrons. The zero-order chi connectivity index (χ0) is 16.4. The fourth-order valence-electron chi connectivity index (χ4n) is 3.29. The third-order valence-corrected chi connectivity index (χ3v) is 4.52. The number of carbonyl (C=O) groups excluding carboxylic acids is 1. The van der Waals surface area contributed by atoms with Gasteiger partial charge in [-0.25, -0.2) is 0 Å². The molecule has 2 aromatic heterocycles. The fraction of sp³-hybridized carbons (Fsp3) is 0.278. The molecule has 1 aromatic carbocycles. The molecular formula is C18H19N5O. The maximum atomic E-state index is 12.9. The molecule has 24 heavy (non-hydrogen) atoms. The van der Waals surface area contributed by atoms with Gasteiger partial charge in [0.15, 0.2) is 0 Å². The Morgan fingerprint density at radius 1 is 1.12 bits per heavy atom. The first-order valence-corrected chi connectivity index (χ1v) is 8.20. The highest BCUT2D eigenvalue weighted by molar-refractivity contribution is 5.94. The highest BCUT2D eigenvalue weighted by Gasteiger charge is 2.29. The summed E-state index contributed by atoms with van der Waals surface area (Å²) >= 11 is 0. The lowest BCUT2D eigenvalue weighted by Crippen LogP contribution is -2.38. The Morgan fingerprint density at radius 3 is 2.62 bits per heavy atom. The summed E-state index contributed by atoms with van der Waals surface area (Å²) < 4.78 is 3.82. The Hall–Kier alpha value is -2.89. The monoisotopic (exact) mass is 321 g/mol. The number of hydrogen-bond acceptors (Lipinski definition) is 3. The van der Waals surface area contributed by atoms with E-state index in [2.05, 4.69) is 10.3 Å². The van der Waals surface area contributed by atoms with Crippen molar-refractivity contribution in [1.29, 1.82) is 0 Å². The molecule has 0 unspecified atom stereocenters. The van der Waals surface area contributed by atoms with E-state index in [1.165, 1.54) is 0 Å². The molecule has 0 N–H and O–H groups in total. The Bertz CT molecular complexity index is 793. The summed E-state index contributed by atoms with van der Waals surface area (Å²) in [5.74, 6) is 0.0941. The number of aromatic nitrogens is 4. The Kier molecular flexibility index (Phi) is 3.86. The minimum Gasteiger partial charge on any atom is -0.334 e. The second-order valence-electron chi connectivity index (χ2n) is 6.06. The molecular weight excluding hydrogens is 302 g/mol. The third kappa shape index (κ3) is 2.82. The summed E-state index contributed by atoms with van der Waals surface area (Å²) in [4.78, 5) is 14.8. The van der Waals surface area contributed by atoms with Gasteiger partial charge in [-0.15, -0.1) is 5.10 Å². The third-order valence-electron chi connectivity index (χ3n) is 4.52. The number of hydrogen-bond donors (Lipinski definition) is 0. The molecule has 1 atom stereocenters. The molecule has 6 nitrogen and oxygen atoms in total. The van der Waals surface area contributed by atoms with Gasteiger partial charge in [0.2, 0.25) is 0 Å². The molecule has 3 aromatic rings. The molecule has 0 spiro atoms. The highest BCUT2D eigenvalue weighted by atomic mass is 16.2. The van der Waals surface area contributed by atoms with Crippen molar-refractivity contribution in [2.75, 3.05) is 6.54 Å². The molecule has 1 fully saturated rings. The Labute approximate surface area is 140 Å². The Balaban J connectivity index is 1.50. The molecule has 4 rings (SSSR count). The number of carbonyl (C=O) groups is 1. The van der Waals surface area contributed by atoms with Crippen LogP contribution in [0, 0.1) is 0 Å². The lowest BCUT2D eigenvalue weighted by Gasteiger charge is -2.24. The van der Waals surface area contributed by atoms with Crippen molar-refractivity contribution in [3.63, 3.8) is 0 Å². The summed E-state index contributed by atoms with van der Waals surface area (Å²) in [6, 6.07) is 11.9. The van der Waals surface area contributed by atoms with E-state index < -0.39 is 0 Å². The van der Waals surface area contributed by atoms with Crippen LogP contribution in [0.1, 0.15) is 23.2 Å². The second kappa shape index (κ2) is 6.31. The van der Waals surface area contributed by atoms with Gasteiger partial charge in [-0.2, -0.15) is 0 Å². The van der Waals surface area contributed by atoms with Crippen LogP contribution in [0.15, 0.2) is 61.2 Å². The van der Waals surface area contributed by atoms with Gasteiger partial charge in [0, 0.05) is 36.4 Å². The van der Waals surface area contributed by atoms with Gasteiger partial charge < -0.3 is 9.47 Å². The summed E-state index contributed by atoms with van der Waals surface area (Å²) in [6.45, 7) is 1.50. The van der Waals surface area contributed by atoms with Gasteiger partial charge in [0.1, 0.15) is 0 Å². The first kappa shape index (κ1) is 14.7. The number of benzene rings is 1. The number of rotatable bonds is 4. The molecule has 6 heteroatoms. The van der Waals surface area contributed by atoms with Crippen LogP contribution in [0.4, 0.5) is 0 Å². The van der Waals surface area contributed by atoms with E-state index in [0.717, 1.165) is 30.6 Å². The van der Waals surface area contributed by atoms with E-state index in [1.54, 1.807) is 10.9 Å². The van der Waals surface area contributed by atoms with Crippen molar-refractivity contribution in [3.8, 4) is 5.69 Å². The van der Waals surface area contributed by atoms with Crippen LogP contribution < -0.4 is 0 Å². The quantitative estimate of drug-likeness (QED) is 0.741. The van der Waals surface area contributed by atoms with Gasteiger partial charge in [-0.3, -0.25) is 9.48 Å². The van der Waals surface area contributed by atoms with E-state index >= 15 is 0 Å². The summed E-state index contributed by atoms with van der Waals surface area (Å²) in [5.41, 5.74) is 1.79. The first-order valence-electron chi connectivity index (χ1n) is 8.20. The molecule has 0 bridgehead atoms. The standard InChI is InChI=1S/C18H19N5O/c24-18(15-5-7-16(8-6-15)21-10-1-2-11-21)23-12-3-4-17(23)14-22-13-9-19-20-22/h1-2,5-11,13,17H,3-4,12,14H2/t17-/m0/s1. The van der Waals surface area contributed by atoms with E-state index in [1.807, 2.05) is 64.5 Å². The largest absolute Gasteiger partial charge is 0.334 e. The first-order chi connectivity index (χ1) is 11.8. The minimum absolute atomic E-state index is 0.0941. The van der Waals surface area contributed by atoms with Crippen molar-refractivity contribution < 1.29 is 4.79 Å². The molecule has 3 heterocycles. The maximum Gasteiger partial charge on any atom is 0.254 e. The molecule has 1 amide bonds. The molecule has 1 aliphatic rings. The normalized spacial score (nSPS) is 17.3. The fourth-order valence-corrected chi connectivity index (χ4v) is 3.29. The minimum atomic E-state index is 0.0941. The smallest absolute Gasteiger partial charge is 0.254 e. The molecule has 1 aliphatic heterocycles. The number of amides is 1. The zero-order valence-corrected chi connectivity index (χ0v) is 13.3. The summed E-state index contributed by atoms with van der Waals surface area (Å²) in [6.07, 6.45) is 9.53. The summed E-state index contributed by atoms with van der Waals surface area (Å²) in [5, 5.41) is 7.85. The van der Waals surface area contributed by atoms with E-state index in [-0.39, 0.29) is 11.9 Å². The van der Waals surface area contributed by atoms with Gasteiger partial charge in [0.05, 0.1) is 18.8 Å². The maximum absolute atomic E-state index is 12.9. The van der Waals surface area contributed by atoms with Gasteiger partial charge in [-0.1, -0.05) is 5.21 Å². The SMILES string of the molecule is O=C(c1ccc(-n2cccc2)cc1)N1CCC[C@H]1Cn1ccnn1. The van der Waals surface area contributed by atoms with Gasteiger partial charge >= 0.3 is 0 Å². The average molecular weight is 321 g/mol. The predicted octanol–water partition coefficient (Wildman–Crippen LogP) is 2.37. The number of nitrogens with zero attached hydrogens (tertiary/aromatic N) is 5. The van der Waals surface area contributed by atoms with Crippen LogP contribution in [0.5, 0.6) is 0 Å². The second-order valence-corrected chi connectivity index (χ2v) is 6.06. The number of likely N-dealkylation sites (tertiary alicyclic amines) is 1. The van der Waals surface area contributed by atoms with Crippen molar-refractivity contribution in [2.45, 2.75) is 25.4 Å². The molecule has 0 saturated carbocycles. The average Bonchev–Trinajstić information content (AvgIpc) is 3.37. The topological polar surface area (TPSA) is 56.0 Å². The van der Waals surface area contributed by atoms with Crippen molar-refractivity contribution in [3.05, 3.63) is 66.7 Å². The van der Waals surface area contributed by atoms with Crippen LogP contribution in [0.3, 0.4) is 0 Å². The highest BCUT2D eigenvalue weighted by Crippen LogP contribution is 2.22. The van der Waals surface area contributed by atoms with Crippen molar-refractivity contribution in [1.82, 2.24) is 24.5 Å². The van der Waals surface area contributed by atoms with Crippen LogP contribution in [-0.4, -0.2) is 43.0 Å². The predicted molar refractivity (Wildman–Crippen MR) is 89.8 cm³/mol.